The highest BCUT2D eigenvalue weighted by Gasteiger charge is 2.26. The Morgan fingerprint density at radius 1 is 1.39 bits per heavy atom. The maximum Gasteiger partial charge on any atom is 0.0935 e. The van der Waals surface area contributed by atoms with Crippen LogP contribution in [-0.4, -0.2) is 11.0 Å². The summed E-state index contributed by atoms with van der Waals surface area (Å²) < 4.78 is 0. The number of hydrogen-bond acceptors (Lipinski definition) is 3. The lowest BCUT2D eigenvalue weighted by atomic mass is 9.79. The molecule has 1 heterocycles. The second-order valence-corrected chi connectivity index (χ2v) is 6.24. The Bertz CT molecular complexity index is 541. The molecule has 0 atom stereocenters. The molecule has 2 nitrogen and oxygen atoms in total. The zero-order valence-corrected chi connectivity index (χ0v) is 11.4. The van der Waals surface area contributed by atoms with Crippen LogP contribution in [0, 0.1) is 12.8 Å². The molecular formula is C15H18N2S. The van der Waals surface area contributed by atoms with Crippen molar-refractivity contribution < 1.29 is 0 Å². The Hall–Kier alpha value is -1.19. The van der Waals surface area contributed by atoms with Crippen LogP contribution in [0.2, 0.25) is 0 Å². The highest BCUT2D eigenvalue weighted by molar-refractivity contribution is 7.09. The first-order valence-electron chi connectivity index (χ1n) is 6.48. The van der Waals surface area contributed by atoms with E-state index in [0.717, 1.165) is 18.0 Å². The Morgan fingerprint density at radius 2 is 2.22 bits per heavy atom. The summed E-state index contributed by atoms with van der Waals surface area (Å²) in [6.45, 7) is 2.12. The zero-order chi connectivity index (χ0) is 12.5. The summed E-state index contributed by atoms with van der Waals surface area (Å²) in [5.74, 6) is 0.761. The van der Waals surface area contributed by atoms with Gasteiger partial charge in [0.25, 0.3) is 0 Å². The number of nitrogens with two attached hydrogens (primary N) is 1. The number of aromatic nitrogens is 1. The first-order chi connectivity index (χ1) is 8.70. The highest BCUT2D eigenvalue weighted by atomic mass is 32.1. The van der Waals surface area contributed by atoms with E-state index in [1.165, 1.54) is 29.0 Å². The maximum atomic E-state index is 5.82. The first-order valence-corrected chi connectivity index (χ1v) is 7.35. The van der Waals surface area contributed by atoms with E-state index in [0.29, 0.717) is 6.04 Å². The van der Waals surface area contributed by atoms with Crippen LogP contribution < -0.4 is 5.73 Å². The van der Waals surface area contributed by atoms with Crippen molar-refractivity contribution >= 4 is 11.3 Å². The van der Waals surface area contributed by atoms with Crippen molar-refractivity contribution in [2.75, 3.05) is 0 Å². The minimum Gasteiger partial charge on any atom is -0.328 e. The number of rotatable bonds is 3. The van der Waals surface area contributed by atoms with Crippen LogP contribution in [-0.2, 0) is 6.42 Å². The van der Waals surface area contributed by atoms with Crippen molar-refractivity contribution in [1.82, 2.24) is 4.98 Å². The molecule has 0 bridgehead atoms. The molecule has 0 unspecified atom stereocenters. The molecule has 1 aliphatic rings. The fourth-order valence-electron chi connectivity index (χ4n) is 2.54. The smallest absolute Gasteiger partial charge is 0.0935 e. The van der Waals surface area contributed by atoms with Crippen molar-refractivity contribution in [3.63, 3.8) is 0 Å². The largest absolute Gasteiger partial charge is 0.328 e. The summed E-state index contributed by atoms with van der Waals surface area (Å²) in [7, 11) is 0. The molecule has 0 spiro atoms. The lowest BCUT2D eigenvalue weighted by Crippen LogP contribution is -2.37. The van der Waals surface area contributed by atoms with Gasteiger partial charge in [-0.3, -0.25) is 0 Å². The Labute approximate surface area is 112 Å². The molecule has 1 fully saturated rings. The molecule has 3 heteroatoms. The summed E-state index contributed by atoms with van der Waals surface area (Å²) in [6, 6.07) is 8.97. The molecular weight excluding hydrogens is 240 g/mol. The number of aryl methyl sites for hydroxylation is 1. The third kappa shape index (κ3) is 2.47. The third-order valence-electron chi connectivity index (χ3n) is 3.60. The van der Waals surface area contributed by atoms with Crippen LogP contribution in [0.15, 0.2) is 29.6 Å². The van der Waals surface area contributed by atoms with Gasteiger partial charge in [-0.15, -0.1) is 11.3 Å². The SMILES string of the molecule is Cc1cccc(-c2csc(CC3CC(N)C3)n2)c1. The van der Waals surface area contributed by atoms with E-state index in [9.17, 15) is 0 Å². The van der Waals surface area contributed by atoms with Gasteiger partial charge in [-0.2, -0.15) is 0 Å². The van der Waals surface area contributed by atoms with Gasteiger partial charge >= 0.3 is 0 Å². The predicted octanol–water partition coefficient (Wildman–Crippen LogP) is 3.40. The van der Waals surface area contributed by atoms with E-state index < -0.39 is 0 Å². The van der Waals surface area contributed by atoms with Crippen molar-refractivity contribution in [2.45, 2.75) is 32.2 Å². The van der Waals surface area contributed by atoms with E-state index >= 15 is 0 Å². The molecule has 0 aliphatic heterocycles. The summed E-state index contributed by atoms with van der Waals surface area (Å²) in [6.07, 6.45) is 3.43. The zero-order valence-electron chi connectivity index (χ0n) is 10.6. The maximum absolute atomic E-state index is 5.82. The lowest BCUT2D eigenvalue weighted by Gasteiger charge is -2.31. The van der Waals surface area contributed by atoms with Gasteiger partial charge in [0.2, 0.25) is 0 Å². The lowest BCUT2D eigenvalue weighted by molar-refractivity contribution is 0.264. The quantitative estimate of drug-likeness (QED) is 0.916. The van der Waals surface area contributed by atoms with E-state index in [2.05, 4.69) is 36.6 Å². The van der Waals surface area contributed by atoms with Crippen LogP contribution in [0.4, 0.5) is 0 Å². The predicted molar refractivity (Wildman–Crippen MR) is 76.7 cm³/mol. The molecule has 1 aromatic carbocycles. The number of hydrogen-bond donors (Lipinski definition) is 1. The molecule has 1 aliphatic carbocycles. The molecule has 3 rings (SSSR count). The Balaban J connectivity index is 1.73. The molecule has 1 saturated carbocycles. The molecule has 0 radical (unpaired) electrons. The van der Waals surface area contributed by atoms with Crippen LogP contribution >= 0.6 is 11.3 Å². The van der Waals surface area contributed by atoms with Gasteiger partial charge in [0, 0.05) is 23.4 Å². The van der Waals surface area contributed by atoms with Gasteiger partial charge in [0.15, 0.2) is 0 Å². The molecule has 0 saturated heterocycles. The highest BCUT2D eigenvalue weighted by Crippen LogP contribution is 2.31. The molecule has 2 N–H and O–H groups in total. The van der Waals surface area contributed by atoms with E-state index in [4.69, 9.17) is 10.7 Å². The first kappa shape index (κ1) is 11.9. The van der Waals surface area contributed by atoms with Gasteiger partial charge in [-0.1, -0.05) is 23.8 Å². The van der Waals surface area contributed by atoms with Crippen molar-refractivity contribution in [2.24, 2.45) is 11.7 Å². The van der Waals surface area contributed by atoms with E-state index in [-0.39, 0.29) is 0 Å². The van der Waals surface area contributed by atoms with Gasteiger partial charge in [-0.25, -0.2) is 4.98 Å². The normalized spacial score (nSPS) is 22.8. The Morgan fingerprint density at radius 3 is 2.94 bits per heavy atom. The number of thiazole rings is 1. The van der Waals surface area contributed by atoms with Crippen LogP contribution in [0.1, 0.15) is 23.4 Å². The van der Waals surface area contributed by atoms with Crippen molar-refractivity contribution in [3.8, 4) is 11.3 Å². The van der Waals surface area contributed by atoms with Gasteiger partial charge in [-0.05, 0) is 31.7 Å². The second kappa shape index (κ2) is 4.82. The van der Waals surface area contributed by atoms with E-state index in [1.807, 2.05) is 0 Å². The molecule has 1 aromatic heterocycles. The standard InChI is InChI=1S/C15H18N2S/c1-10-3-2-4-12(5-10)14-9-18-15(17-14)8-11-6-13(16)7-11/h2-5,9,11,13H,6-8,16H2,1H3. The third-order valence-corrected chi connectivity index (χ3v) is 4.47. The fraction of sp³-hybridized carbons (Fsp3) is 0.400. The average molecular weight is 258 g/mol. The fourth-order valence-corrected chi connectivity index (χ4v) is 3.46. The number of nitrogens with zero attached hydrogens (tertiary/aromatic N) is 1. The molecule has 18 heavy (non-hydrogen) atoms. The summed E-state index contributed by atoms with van der Waals surface area (Å²) in [4.78, 5) is 4.75. The van der Waals surface area contributed by atoms with Gasteiger partial charge in [0.1, 0.15) is 0 Å². The average Bonchev–Trinajstić information content (AvgIpc) is 2.76. The van der Waals surface area contributed by atoms with Gasteiger partial charge < -0.3 is 5.73 Å². The monoisotopic (exact) mass is 258 g/mol. The van der Waals surface area contributed by atoms with E-state index in [1.54, 1.807) is 11.3 Å². The van der Waals surface area contributed by atoms with Crippen LogP contribution in [0.3, 0.4) is 0 Å². The summed E-state index contributed by atoms with van der Waals surface area (Å²) in [5.41, 5.74) is 9.44. The molecule has 94 valence electrons. The van der Waals surface area contributed by atoms with Crippen molar-refractivity contribution in [1.29, 1.82) is 0 Å². The number of benzene rings is 1. The van der Waals surface area contributed by atoms with Crippen LogP contribution in [0.25, 0.3) is 11.3 Å². The second-order valence-electron chi connectivity index (χ2n) is 5.30. The molecule has 0 amide bonds. The Kier molecular flexibility index (Phi) is 3.18. The summed E-state index contributed by atoms with van der Waals surface area (Å²) in [5, 5.41) is 3.42. The van der Waals surface area contributed by atoms with Crippen molar-refractivity contribution in [3.05, 3.63) is 40.2 Å². The topological polar surface area (TPSA) is 38.9 Å². The summed E-state index contributed by atoms with van der Waals surface area (Å²) >= 11 is 1.78. The minimum atomic E-state index is 0.436. The van der Waals surface area contributed by atoms with Crippen LogP contribution in [0.5, 0.6) is 0 Å². The van der Waals surface area contributed by atoms with Gasteiger partial charge in [0.05, 0.1) is 10.7 Å². The molecule has 2 aromatic rings. The minimum absolute atomic E-state index is 0.436.